The first kappa shape index (κ1) is 32.8. The van der Waals surface area contributed by atoms with E-state index in [1.54, 1.807) is 25.7 Å². The number of nitrogens with zero attached hydrogens (tertiary/aromatic N) is 2. The summed E-state index contributed by atoms with van der Waals surface area (Å²) in [5, 5.41) is 14.7. The third kappa shape index (κ3) is 7.79. The summed E-state index contributed by atoms with van der Waals surface area (Å²) in [7, 11) is 0. The number of rotatable bonds is 1. The van der Waals surface area contributed by atoms with Crippen LogP contribution in [0.2, 0.25) is 0 Å². The molecule has 3 atom stereocenters. The van der Waals surface area contributed by atoms with E-state index >= 15 is 0 Å². The molecule has 3 heterocycles. The topological polar surface area (TPSA) is 128 Å². The predicted molar refractivity (Wildman–Crippen MR) is 140 cm³/mol. The fourth-order valence-corrected chi connectivity index (χ4v) is 5.65. The Labute approximate surface area is 278 Å². The van der Waals surface area contributed by atoms with Crippen LogP contribution in [0.3, 0.4) is 0 Å². The van der Waals surface area contributed by atoms with Gasteiger partial charge in [-0.1, -0.05) is 59.2 Å². The van der Waals surface area contributed by atoms with Crippen LogP contribution in [0.5, 0.6) is 0 Å². The Balaban J connectivity index is 0.00000441. The van der Waals surface area contributed by atoms with Gasteiger partial charge in [0.25, 0.3) is 0 Å². The molecule has 3 aliphatic rings. The zero-order valence-corrected chi connectivity index (χ0v) is 27.7. The van der Waals surface area contributed by atoms with Gasteiger partial charge in [-0.2, -0.15) is 0 Å². The molecule has 0 unspecified atom stereocenters. The quantitative estimate of drug-likeness (QED) is 0.453. The number of carboxylic acid groups (broad SMARTS) is 1. The molecule has 0 aromatic heterocycles. The van der Waals surface area contributed by atoms with Crippen molar-refractivity contribution in [1.82, 2.24) is 15.1 Å². The second-order valence-electron chi connectivity index (χ2n) is 12.9. The standard InChI is InChI=1S/C29H41N3O7.K/c1-28(2,3)23-24(33)32-15-20(13-22(32)25(34)35)39-27(37)31-14-19-11-8-10-18(21(19)16-31)9-6-7-12-29(4,5)17-38-26(36)30-23;/h8,10-11,20,22-23H,6-7,9,12-17H2,1-5H3,(H,30,36)(H,34,35);/q;+1/p-1/t20-,22+,23-;/m1./s1. The molecule has 0 aliphatic carbocycles. The van der Waals surface area contributed by atoms with Crippen molar-refractivity contribution in [3.05, 3.63) is 34.9 Å². The number of carbonyl (C=O) groups is 4. The number of aryl methyl sites for hydroxylation is 1. The average Bonchev–Trinajstić information content (AvgIpc) is 3.47. The van der Waals surface area contributed by atoms with Gasteiger partial charge in [-0.15, -0.1) is 0 Å². The molecule has 3 amide bonds. The SMILES string of the molecule is CC1(C)CCCCc2cccc3c2CN(C3)C(=O)O[C@@H]2C[C@@H](C(=O)[O-])N(C2)C(=O)[C@H](C(C)(C)C)NC(=O)OC1.[K+]. The number of cyclic esters (lactones) is 1. The summed E-state index contributed by atoms with van der Waals surface area (Å²) in [6.07, 6.45) is 1.45. The maximum Gasteiger partial charge on any atom is 1.00 e. The van der Waals surface area contributed by atoms with Crippen LogP contribution in [-0.2, 0) is 38.6 Å². The number of nitrogens with one attached hydrogen (secondary N) is 1. The number of carboxylic acids is 1. The van der Waals surface area contributed by atoms with E-state index in [4.69, 9.17) is 9.47 Å². The van der Waals surface area contributed by atoms with E-state index in [1.807, 2.05) is 26.0 Å². The molecule has 1 aromatic rings. The van der Waals surface area contributed by atoms with Gasteiger partial charge in [0, 0.05) is 19.5 Å². The van der Waals surface area contributed by atoms with Gasteiger partial charge in [0.15, 0.2) is 0 Å². The average molecular weight is 582 g/mol. The number of amides is 3. The molecule has 11 heteroatoms. The predicted octanol–water partition coefficient (Wildman–Crippen LogP) is -0.244. The molecule has 0 saturated carbocycles. The number of ether oxygens (including phenoxy) is 2. The van der Waals surface area contributed by atoms with Crippen LogP contribution in [0.15, 0.2) is 18.2 Å². The molecule has 40 heavy (non-hydrogen) atoms. The van der Waals surface area contributed by atoms with E-state index in [-0.39, 0.29) is 76.4 Å². The van der Waals surface area contributed by atoms with Crippen molar-refractivity contribution in [2.75, 3.05) is 13.2 Å². The van der Waals surface area contributed by atoms with Crippen LogP contribution in [0.25, 0.3) is 0 Å². The minimum atomic E-state index is -1.43. The van der Waals surface area contributed by atoms with E-state index in [1.165, 1.54) is 5.56 Å². The van der Waals surface area contributed by atoms with Crippen LogP contribution in [-0.4, -0.2) is 65.2 Å². The van der Waals surface area contributed by atoms with E-state index in [9.17, 15) is 24.3 Å². The maximum absolute atomic E-state index is 13.6. The molecule has 1 N–H and O–H groups in total. The Hall–Kier alpha value is -1.66. The zero-order chi connectivity index (χ0) is 28.5. The maximum atomic E-state index is 13.6. The van der Waals surface area contributed by atoms with Crippen LogP contribution >= 0.6 is 0 Å². The number of hydrogen-bond acceptors (Lipinski definition) is 7. The Bertz CT molecular complexity index is 1130. The van der Waals surface area contributed by atoms with Gasteiger partial charge in [-0.25, -0.2) is 9.59 Å². The largest absolute Gasteiger partial charge is 1.00 e. The van der Waals surface area contributed by atoms with E-state index in [2.05, 4.69) is 11.4 Å². The summed E-state index contributed by atoms with van der Waals surface area (Å²) >= 11 is 0. The number of fused-ring (bicyclic) bond motifs is 3. The molecule has 1 saturated heterocycles. The smallest absolute Gasteiger partial charge is 0.548 e. The Morgan fingerprint density at radius 1 is 1.10 bits per heavy atom. The number of benzene rings is 1. The van der Waals surface area contributed by atoms with Crippen molar-refractivity contribution >= 4 is 24.1 Å². The van der Waals surface area contributed by atoms with Gasteiger partial charge >= 0.3 is 63.6 Å². The summed E-state index contributed by atoms with van der Waals surface area (Å²) in [5.74, 6) is -2.02. The Morgan fingerprint density at radius 3 is 2.48 bits per heavy atom. The summed E-state index contributed by atoms with van der Waals surface area (Å²) < 4.78 is 11.2. The molecule has 1 aromatic carbocycles. The van der Waals surface area contributed by atoms with Crippen molar-refractivity contribution in [2.24, 2.45) is 10.8 Å². The molecular weight excluding hydrogens is 541 g/mol. The fraction of sp³-hybridized carbons (Fsp3) is 0.655. The minimum Gasteiger partial charge on any atom is -0.548 e. The molecule has 1 fully saturated rings. The minimum absolute atomic E-state index is 0. The Morgan fingerprint density at radius 2 is 1.80 bits per heavy atom. The first-order chi connectivity index (χ1) is 18.2. The third-order valence-electron chi connectivity index (χ3n) is 7.94. The first-order valence-electron chi connectivity index (χ1n) is 13.7. The van der Waals surface area contributed by atoms with Gasteiger partial charge < -0.3 is 29.6 Å². The summed E-state index contributed by atoms with van der Waals surface area (Å²) in [6, 6.07) is 3.77. The van der Waals surface area contributed by atoms with Crippen LogP contribution in [0, 0.1) is 10.8 Å². The molecular formula is C29H40KN3O7. The fourth-order valence-electron chi connectivity index (χ4n) is 5.65. The molecule has 214 valence electrons. The van der Waals surface area contributed by atoms with Gasteiger partial charge in [0.2, 0.25) is 5.91 Å². The summed E-state index contributed by atoms with van der Waals surface area (Å²) in [4.78, 5) is 54.3. The second kappa shape index (κ2) is 13.1. The number of carbonyl (C=O) groups excluding carboxylic acids is 4. The van der Waals surface area contributed by atoms with Gasteiger partial charge in [-0.05, 0) is 46.8 Å². The van der Waals surface area contributed by atoms with Gasteiger partial charge in [0.05, 0.1) is 25.2 Å². The van der Waals surface area contributed by atoms with Crippen molar-refractivity contribution < 1.29 is 85.1 Å². The molecule has 10 nitrogen and oxygen atoms in total. The Kier molecular flexibility index (Phi) is 10.8. The van der Waals surface area contributed by atoms with Gasteiger partial charge in [-0.3, -0.25) is 9.69 Å². The molecule has 4 rings (SSSR count). The van der Waals surface area contributed by atoms with Crippen molar-refractivity contribution in [2.45, 2.75) is 98.0 Å². The van der Waals surface area contributed by atoms with Gasteiger partial charge in [0.1, 0.15) is 12.1 Å². The van der Waals surface area contributed by atoms with Crippen LogP contribution in [0.1, 0.15) is 77.0 Å². The molecule has 0 radical (unpaired) electrons. The number of aliphatic carboxylic acids is 1. The third-order valence-corrected chi connectivity index (χ3v) is 7.94. The summed E-state index contributed by atoms with van der Waals surface area (Å²) in [6.45, 7) is 10.3. The van der Waals surface area contributed by atoms with E-state index < -0.39 is 47.7 Å². The van der Waals surface area contributed by atoms with Crippen LogP contribution in [0.4, 0.5) is 9.59 Å². The number of alkyl carbamates (subject to hydrolysis) is 1. The first-order valence-corrected chi connectivity index (χ1v) is 13.7. The van der Waals surface area contributed by atoms with E-state index in [0.29, 0.717) is 13.1 Å². The molecule has 0 spiro atoms. The van der Waals surface area contributed by atoms with Crippen molar-refractivity contribution in [3.8, 4) is 0 Å². The second-order valence-corrected chi connectivity index (χ2v) is 12.9. The van der Waals surface area contributed by atoms with E-state index in [0.717, 1.165) is 41.7 Å². The normalized spacial score (nSPS) is 25.8. The molecule has 3 aliphatic heterocycles. The zero-order valence-electron chi connectivity index (χ0n) is 24.6. The van der Waals surface area contributed by atoms with Crippen LogP contribution < -0.4 is 61.8 Å². The molecule has 4 bridgehead atoms. The number of hydrogen-bond donors (Lipinski definition) is 1. The summed E-state index contributed by atoms with van der Waals surface area (Å²) in [5.41, 5.74) is 2.41. The van der Waals surface area contributed by atoms with Crippen molar-refractivity contribution in [1.29, 1.82) is 0 Å². The monoisotopic (exact) mass is 581 g/mol. The van der Waals surface area contributed by atoms with Crippen molar-refractivity contribution in [3.63, 3.8) is 0 Å².